The maximum atomic E-state index is 5.87. The Balaban J connectivity index is 2.07. The Morgan fingerprint density at radius 1 is 1.24 bits per heavy atom. The second-order valence-corrected chi connectivity index (χ2v) is 5.03. The summed E-state index contributed by atoms with van der Waals surface area (Å²) in [6.45, 7) is 8.16. The zero-order valence-corrected chi connectivity index (χ0v) is 11.4. The Kier molecular flexibility index (Phi) is 4.42. The topological polar surface area (TPSA) is 33.7 Å². The van der Waals surface area contributed by atoms with Crippen LogP contribution in [0.2, 0.25) is 0 Å². The van der Waals surface area contributed by atoms with Crippen LogP contribution in [0.25, 0.3) is 0 Å². The van der Waals surface area contributed by atoms with Crippen LogP contribution in [0, 0.1) is 0 Å². The van der Waals surface area contributed by atoms with Gasteiger partial charge in [-0.15, -0.1) is 0 Å². The van der Waals surface area contributed by atoms with Gasteiger partial charge in [-0.3, -0.25) is 4.90 Å². The van der Waals surface area contributed by atoms with Gasteiger partial charge >= 0.3 is 0 Å². The fourth-order valence-electron chi connectivity index (χ4n) is 3.30. The van der Waals surface area contributed by atoms with Crippen LogP contribution in [0.4, 0.5) is 0 Å². The first kappa shape index (κ1) is 13.3. The first-order valence-electron chi connectivity index (χ1n) is 6.94. The van der Waals surface area contributed by atoms with Gasteiger partial charge in [0.15, 0.2) is 5.79 Å². The molecule has 4 heteroatoms. The molecule has 1 heterocycles. The Labute approximate surface area is 105 Å². The molecule has 0 radical (unpaired) electrons. The van der Waals surface area contributed by atoms with Gasteiger partial charge in [0.25, 0.3) is 0 Å². The van der Waals surface area contributed by atoms with E-state index in [-0.39, 0.29) is 5.79 Å². The molecule has 2 unspecified atom stereocenters. The van der Waals surface area contributed by atoms with Gasteiger partial charge in [-0.2, -0.15) is 0 Å². The van der Waals surface area contributed by atoms with Crippen LogP contribution in [0.15, 0.2) is 0 Å². The van der Waals surface area contributed by atoms with Crippen LogP contribution in [-0.2, 0) is 9.47 Å². The molecule has 1 spiro atoms. The first-order valence-corrected chi connectivity index (χ1v) is 6.94. The second kappa shape index (κ2) is 5.65. The van der Waals surface area contributed by atoms with Crippen LogP contribution in [0.3, 0.4) is 0 Å². The van der Waals surface area contributed by atoms with Crippen LogP contribution >= 0.6 is 0 Å². The van der Waals surface area contributed by atoms with Crippen molar-refractivity contribution in [3.8, 4) is 0 Å². The van der Waals surface area contributed by atoms with E-state index in [4.69, 9.17) is 9.47 Å². The summed E-state index contributed by atoms with van der Waals surface area (Å²) in [5.74, 6) is -0.277. The summed E-state index contributed by atoms with van der Waals surface area (Å²) in [4.78, 5) is 2.52. The van der Waals surface area contributed by atoms with E-state index < -0.39 is 0 Å². The Bertz CT molecular complexity index is 230. The largest absolute Gasteiger partial charge is 0.347 e. The van der Waals surface area contributed by atoms with Gasteiger partial charge in [0.05, 0.1) is 13.2 Å². The summed E-state index contributed by atoms with van der Waals surface area (Å²) in [5.41, 5.74) is 0. The van der Waals surface area contributed by atoms with Gasteiger partial charge in [-0.05, 0) is 26.6 Å². The number of hydrogen-bond acceptors (Lipinski definition) is 4. The minimum atomic E-state index is -0.277. The molecule has 0 aromatic rings. The molecule has 2 atom stereocenters. The summed E-state index contributed by atoms with van der Waals surface area (Å²) in [6.07, 6.45) is 3.16. The highest BCUT2D eigenvalue weighted by molar-refractivity contribution is 4.95. The van der Waals surface area contributed by atoms with E-state index in [1.54, 1.807) is 0 Å². The quantitative estimate of drug-likeness (QED) is 0.803. The van der Waals surface area contributed by atoms with E-state index in [0.717, 1.165) is 45.6 Å². The highest BCUT2D eigenvalue weighted by atomic mass is 16.7. The lowest BCUT2D eigenvalue weighted by molar-refractivity contribution is -0.192. The molecular weight excluding hydrogens is 216 g/mol. The maximum Gasteiger partial charge on any atom is 0.170 e. The van der Waals surface area contributed by atoms with E-state index in [0.29, 0.717) is 12.1 Å². The normalized spacial score (nSPS) is 32.5. The average molecular weight is 242 g/mol. The van der Waals surface area contributed by atoms with Gasteiger partial charge in [0, 0.05) is 24.9 Å². The average Bonchev–Trinajstić information content (AvgIpc) is 2.80. The second-order valence-electron chi connectivity index (χ2n) is 5.03. The molecule has 0 aromatic heterocycles. The SMILES string of the molecule is CCN(CC)C1CC2(CCC1NC)OCCO2. The Morgan fingerprint density at radius 2 is 1.88 bits per heavy atom. The summed E-state index contributed by atoms with van der Waals surface area (Å²) in [7, 11) is 2.07. The van der Waals surface area contributed by atoms with Crippen molar-refractivity contribution in [1.82, 2.24) is 10.2 Å². The summed E-state index contributed by atoms with van der Waals surface area (Å²) >= 11 is 0. The minimum Gasteiger partial charge on any atom is -0.347 e. The lowest BCUT2D eigenvalue weighted by atomic mass is 9.84. The van der Waals surface area contributed by atoms with Crippen molar-refractivity contribution in [2.75, 3.05) is 33.4 Å². The summed E-state index contributed by atoms with van der Waals surface area (Å²) in [5, 5.41) is 3.46. The summed E-state index contributed by atoms with van der Waals surface area (Å²) in [6, 6.07) is 1.09. The van der Waals surface area contributed by atoms with Gasteiger partial charge in [-0.25, -0.2) is 0 Å². The third kappa shape index (κ3) is 2.65. The molecule has 1 saturated carbocycles. The molecule has 1 saturated heterocycles. The Morgan fingerprint density at radius 3 is 2.41 bits per heavy atom. The van der Waals surface area contributed by atoms with Crippen LogP contribution < -0.4 is 5.32 Å². The third-order valence-electron chi connectivity index (χ3n) is 4.29. The maximum absolute atomic E-state index is 5.87. The van der Waals surface area contributed by atoms with E-state index in [9.17, 15) is 0 Å². The van der Waals surface area contributed by atoms with Crippen molar-refractivity contribution < 1.29 is 9.47 Å². The van der Waals surface area contributed by atoms with Crippen molar-refractivity contribution in [2.45, 2.75) is 51.0 Å². The van der Waals surface area contributed by atoms with Crippen LogP contribution in [0.1, 0.15) is 33.1 Å². The lowest BCUT2D eigenvalue weighted by Crippen LogP contribution is -2.57. The molecule has 1 aliphatic heterocycles. The van der Waals surface area contributed by atoms with Gasteiger partial charge < -0.3 is 14.8 Å². The van der Waals surface area contributed by atoms with Gasteiger partial charge in [0.2, 0.25) is 0 Å². The number of nitrogens with one attached hydrogen (secondary N) is 1. The van der Waals surface area contributed by atoms with E-state index >= 15 is 0 Å². The molecule has 0 aromatic carbocycles. The van der Waals surface area contributed by atoms with Crippen molar-refractivity contribution >= 4 is 0 Å². The van der Waals surface area contributed by atoms with Gasteiger partial charge in [-0.1, -0.05) is 13.8 Å². The predicted octanol–water partition coefficient (Wildman–Crippen LogP) is 1.21. The number of likely N-dealkylation sites (N-methyl/N-ethyl adjacent to an activating group) is 2. The summed E-state index contributed by atoms with van der Waals surface area (Å²) < 4.78 is 11.7. The molecule has 1 aliphatic carbocycles. The van der Waals surface area contributed by atoms with E-state index in [2.05, 4.69) is 31.1 Å². The monoisotopic (exact) mass is 242 g/mol. The number of nitrogens with zero attached hydrogens (tertiary/aromatic N) is 1. The number of ether oxygens (including phenoxy) is 2. The van der Waals surface area contributed by atoms with Crippen molar-refractivity contribution in [3.63, 3.8) is 0 Å². The molecule has 100 valence electrons. The molecular formula is C13H26N2O2. The first-order chi connectivity index (χ1) is 8.24. The molecule has 17 heavy (non-hydrogen) atoms. The third-order valence-corrected chi connectivity index (χ3v) is 4.29. The predicted molar refractivity (Wildman–Crippen MR) is 68.0 cm³/mol. The van der Waals surface area contributed by atoms with Crippen LogP contribution in [0.5, 0.6) is 0 Å². The van der Waals surface area contributed by atoms with E-state index in [1.807, 2.05) is 0 Å². The Hall–Kier alpha value is -0.160. The van der Waals surface area contributed by atoms with Crippen molar-refractivity contribution in [3.05, 3.63) is 0 Å². The van der Waals surface area contributed by atoms with Gasteiger partial charge in [0.1, 0.15) is 0 Å². The highest BCUT2D eigenvalue weighted by Gasteiger charge is 2.45. The smallest absolute Gasteiger partial charge is 0.170 e. The highest BCUT2D eigenvalue weighted by Crippen LogP contribution is 2.37. The molecule has 0 bridgehead atoms. The lowest BCUT2D eigenvalue weighted by Gasteiger charge is -2.45. The standard InChI is InChI=1S/C13H26N2O2/c1-4-15(5-2)12-10-13(16-8-9-17-13)7-6-11(12)14-3/h11-12,14H,4-10H2,1-3H3. The molecule has 0 amide bonds. The molecule has 4 nitrogen and oxygen atoms in total. The van der Waals surface area contributed by atoms with Crippen LogP contribution in [-0.4, -0.2) is 56.1 Å². The molecule has 2 fully saturated rings. The fraction of sp³-hybridized carbons (Fsp3) is 1.00. The molecule has 1 N–H and O–H groups in total. The molecule has 2 rings (SSSR count). The zero-order valence-electron chi connectivity index (χ0n) is 11.4. The number of rotatable bonds is 4. The zero-order chi connectivity index (χ0) is 12.3. The van der Waals surface area contributed by atoms with Crippen molar-refractivity contribution in [1.29, 1.82) is 0 Å². The van der Waals surface area contributed by atoms with Crippen molar-refractivity contribution in [2.24, 2.45) is 0 Å². The molecule has 2 aliphatic rings. The fourth-order valence-corrected chi connectivity index (χ4v) is 3.30. The van der Waals surface area contributed by atoms with E-state index in [1.165, 1.54) is 0 Å². The minimum absolute atomic E-state index is 0.277. The number of hydrogen-bond donors (Lipinski definition) is 1.